The third-order valence-electron chi connectivity index (χ3n) is 2.46. The number of benzene rings is 1. The molecule has 0 radical (unpaired) electrons. The molecule has 0 saturated heterocycles. The number of ether oxygens (including phenoxy) is 2. The fourth-order valence-electron chi connectivity index (χ4n) is 1.48. The number of methoxy groups -OCH3 is 1. The van der Waals surface area contributed by atoms with E-state index in [-0.39, 0.29) is 0 Å². The van der Waals surface area contributed by atoms with Gasteiger partial charge >= 0.3 is 0 Å². The number of hydrogen-bond donors (Lipinski definition) is 2. The highest BCUT2D eigenvalue weighted by Gasteiger charge is 2.09. The summed E-state index contributed by atoms with van der Waals surface area (Å²) in [4.78, 5) is 0. The van der Waals surface area contributed by atoms with Crippen molar-refractivity contribution in [1.82, 2.24) is 5.32 Å². The molecule has 5 heteroatoms. The highest BCUT2D eigenvalue weighted by molar-refractivity contribution is 6.31. The Bertz CT molecular complexity index is 336. The van der Waals surface area contributed by atoms with Crippen molar-refractivity contribution in [3.8, 4) is 0 Å². The lowest BCUT2D eigenvalue weighted by Gasteiger charge is -2.13. The molecular formula is C13H20ClNO3. The van der Waals surface area contributed by atoms with Gasteiger partial charge < -0.3 is 19.9 Å². The van der Waals surface area contributed by atoms with Gasteiger partial charge in [-0.15, -0.1) is 0 Å². The quantitative estimate of drug-likeness (QED) is 0.672. The Labute approximate surface area is 113 Å². The molecule has 1 rings (SSSR count). The minimum atomic E-state index is -0.599. The molecule has 4 nitrogen and oxygen atoms in total. The molecule has 0 aliphatic rings. The number of nitrogens with one attached hydrogen (secondary N) is 1. The van der Waals surface area contributed by atoms with Crippen LogP contribution < -0.4 is 5.32 Å². The van der Waals surface area contributed by atoms with Crippen LogP contribution in [0.5, 0.6) is 0 Å². The van der Waals surface area contributed by atoms with E-state index in [1.54, 1.807) is 13.2 Å². The maximum absolute atomic E-state index is 9.93. The summed E-state index contributed by atoms with van der Waals surface area (Å²) in [6.07, 6.45) is -0.599. The molecular weight excluding hydrogens is 254 g/mol. The molecule has 1 aromatic rings. The van der Waals surface area contributed by atoms with Gasteiger partial charge in [0.05, 0.1) is 25.9 Å². The first-order valence-electron chi connectivity index (χ1n) is 5.95. The molecule has 1 atom stereocenters. The third kappa shape index (κ3) is 5.80. The summed E-state index contributed by atoms with van der Waals surface area (Å²) in [5.74, 6) is 0. The zero-order valence-corrected chi connectivity index (χ0v) is 11.3. The summed E-state index contributed by atoms with van der Waals surface area (Å²) in [7, 11) is 1.64. The van der Waals surface area contributed by atoms with Crippen LogP contribution in [0.3, 0.4) is 0 Å². The average Bonchev–Trinajstić information content (AvgIpc) is 2.38. The van der Waals surface area contributed by atoms with E-state index in [1.165, 1.54) is 0 Å². The Morgan fingerprint density at radius 1 is 1.28 bits per heavy atom. The van der Waals surface area contributed by atoms with Gasteiger partial charge in [0.2, 0.25) is 0 Å². The van der Waals surface area contributed by atoms with Gasteiger partial charge in [0, 0.05) is 30.8 Å². The topological polar surface area (TPSA) is 50.7 Å². The van der Waals surface area contributed by atoms with Gasteiger partial charge in [-0.05, 0) is 6.07 Å². The standard InChI is InChI=1S/C13H20ClNO3/c1-17-8-9-18-7-6-15-10-13(16)11-4-2-3-5-12(11)14/h2-5,13,15-16H,6-10H2,1H3. The Hall–Kier alpha value is -0.650. The van der Waals surface area contributed by atoms with Crippen molar-refractivity contribution in [3.05, 3.63) is 34.9 Å². The second-order valence-corrected chi connectivity index (χ2v) is 4.25. The van der Waals surface area contributed by atoms with Gasteiger partial charge in [-0.2, -0.15) is 0 Å². The third-order valence-corrected chi connectivity index (χ3v) is 2.80. The minimum absolute atomic E-state index is 0.456. The van der Waals surface area contributed by atoms with Crippen molar-refractivity contribution in [2.45, 2.75) is 6.10 Å². The van der Waals surface area contributed by atoms with Crippen LogP contribution in [-0.4, -0.2) is 45.1 Å². The fourth-order valence-corrected chi connectivity index (χ4v) is 1.74. The second kappa shape index (κ2) is 9.30. The molecule has 0 saturated carbocycles. The predicted molar refractivity (Wildman–Crippen MR) is 72.0 cm³/mol. The SMILES string of the molecule is COCCOCCNCC(O)c1ccccc1Cl. The summed E-state index contributed by atoms with van der Waals surface area (Å²) in [6, 6.07) is 7.30. The lowest BCUT2D eigenvalue weighted by atomic mass is 10.1. The van der Waals surface area contributed by atoms with Crippen LogP contribution in [0.25, 0.3) is 0 Å². The Morgan fingerprint density at radius 3 is 2.78 bits per heavy atom. The van der Waals surface area contributed by atoms with Crippen LogP contribution in [0.15, 0.2) is 24.3 Å². The molecule has 2 N–H and O–H groups in total. The zero-order valence-electron chi connectivity index (χ0n) is 10.6. The molecule has 0 aliphatic carbocycles. The largest absolute Gasteiger partial charge is 0.387 e. The molecule has 0 aliphatic heterocycles. The second-order valence-electron chi connectivity index (χ2n) is 3.85. The molecule has 0 fully saturated rings. The minimum Gasteiger partial charge on any atom is -0.387 e. The van der Waals surface area contributed by atoms with Crippen LogP contribution in [-0.2, 0) is 9.47 Å². The van der Waals surface area contributed by atoms with Gasteiger partial charge in [-0.25, -0.2) is 0 Å². The van der Waals surface area contributed by atoms with Crippen molar-refractivity contribution in [2.75, 3.05) is 40.0 Å². The van der Waals surface area contributed by atoms with E-state index in [4.69, 9.17) is 21.1 Å². The monoisotopic (exact) mass is 273 g/mol. The summed E-state index contributed by atoms with van der Waals surface area (Å²) in [5.41, 5.74) is 0.743. The molecule has 1 aromatic carbocycles. The first-order chi connectivity index (χ1) is 8.75. The van der Waals surface area contributed by atoms with E-state index in [1.807, 2.05) is 18.2 Å². The van der Waals surface area contributed by atoms with Crippen LogP contribution in [0.4, 0.5) is 0 Å². The maximum Gasteiger partial charge on any atom is 0.0928 e. The summed E-state index contributed by atoms with van der Waals surface area (Å²) >= 11 is 5.99. The van der Waals surface area contributed by atoms with Crippen molar-refractivity contribution >= 4 is 11.6 Å². The molecule has 0 heterocycles. The number of aliphatic hydroxyl groups is 1. The lowest BCUT2D eigenvalue weighted by Crippen LogP contribution is -2.25. The zero-order chi connectivity index (χ0) is 13.2. The van der Waals surface area contributed by atoms with Crippen molar-refractivity contribution in [2.24, 2.45) is 0 Å². The molecule has 0 amide bonds. The van der Waals surface area contributed by atoms with E-state index < -0.39 is 6.10 Å². The molecule has 0 spiro atoms. The Morgan fingerprint density at radius 2 is 2.06 bits per heavy atom. The number of rotatable bonds is 9. The summed E-state index contributed by atoms with van der Waals surface area (Å²) in [5, 5.41) is 13.6. The van der Waals surface area contributed by atoms with E-state index in [0.29, 0.717) is 37.9 Å². The smallest absolute Gasteiger partial charge is 0.0928 e. The lowest BCUT2D eigenvalue weighted by molar-refractivity contribution is 0.0703. The first kappa shape index (κ1) is 15.4. The Balaban J connectivity index is 2.14. The maximum atomic E-state index is 9.93. The van der Waals surface area contributed by atoms with Gasteiger partial charge in [0.1, 0.15) is 0 Å². The van der Waals surface area contributed by atoms with Crippen LogP contribution in [0.2, 0.25) is 5.02 Å². The summed E-state index contributed by atoms with van der Waals surface area (Å²) < 4.78 is 10.1. The van der Waals surface area contributed by atoms with E-state index >= 15 is 0 Å². The van der Waals surface area contributed by atoms with E-state index in [2.05, 4.69) is 5.32 Å². The van der Waals surface area contributed by atoms with Gasteiger partial charge in [0.25, 0.3) is 0 Å². The molecule has 102 valence electrons. The van der Waals surface area contributed by atoms with Gasteiger partial charge in [-0.1, -0.05) is 29.8 Å². The first-order valence-corrected chi connectivity index (χ1v) is 6.33. The summed E-state index contributed by atoms with van der Waals surface area (Å²) in [6.45, 7) is 2.93. The van der Waals surface area contributed by atoms with Gasteiger partial charge in [0.15, 0.2) is 0 Å². The number of aliphatic hydroxyl groups excluding tert-OH is 1. The normalized spacial score (nSPS) is 12.6. The van der Waals surface area contributed by atoms with Gasteiger partial charge in [-0.3, -0.25) is 0 Å². The van der Waals surface area contributed by atoms with Crippen molar-refractivity contribution in [3.63, 3.8) is 0 Å². The molecule has 0 bridgehead atoms. The van der Waals surface area contributed by atoms with E-state index in [9.17, 15) is 5.11 Å². The Kier molecular flexibility index (Phi) is 7.96. The average molecular weight is 274 g/mol. The molecule has 0 aromatic heterocycles. The number of hydrogen-bond acceptors (Lipinski definition) is 4. The highest BCUT2D eigenvalue weighted by Crippen LogP contribution is 2.21. The highest BCUT2D eigenvalue weighted by atomic mass is 35.5. The van der Waals surface area contributed by atoms with Crippen LogP contribution in [0, 0.1) is 0 Å². The van der Waals surface area contributed by atoms with Crippen molar-refractivity contribution in [1.29, 1.82) is 0 Å². The number of halogens is 1. The predicted octanol–water partition coefficient (Wildman–Crippen LogP) is 1.63. The molecule has 18 heavy (non-hydrogen) atoms. The molecule has 1 unspecified atom stereocenters. The van der Waals surface area contributed by atoms with Crippen LogP contribution in [0.1, 0.15) is 11.7 Å². The van der Waals surface area contributed by atoms with E-state index in [0.717, 1.165) is 5.56 Å². The fraction of sp³-hybridized carbons (Fsp3) is 0.538. The van der Waals surface area contributed by atoms with Crippen LogP contribution >= 0.6 is 11.6 Å². The van der Waals surface area contributed by atoms with Crippen molar-refractivity contribution < 1.29 is 14.6 Å².